The third kappa shape index (κ3) is 3.44. The fourth-order valence-electron chi connectivity index (χ4n) is 2.61. The molecule has 2 aromatic carbocycles. The fraction of sp³-hybridized carbons (Fsp3) is 0.278. The number of nitrogens with zero attached hydrogens (tertiary/aromatic N) is 1. The van der Waals surface area contributed by atoms with Gasteiger partial charge < -0.3 is 14.4 Å². The maximum absolute atomic E-state index is 13.6. The van der Waals surface area contributed by atoms with Gasteiger partial charge in [-0.3, -0.25) is 4.79 Å². The van der Waals surface area contributed by atoms with Crippen molar-refractivity contribution in [3.8, 4) is 11.5 Å². The Morgan fingerprint density at radius 2 is 1.96 bits per heavy atom. The van der Waals surface area contributed by atoms with Gasteiger partial charge >= 0.3 is 0 Å². The number of benzene rings is 2. The molecule has 1 heterocycles. The predicted octanol–water partition coefficient (Wildman–Crippen LogP) is 3.54. The second kappa shape index (κ2) is 6.69. The van der Waals surface area contributed by atoms with Crippen molar-refractivity contribution in [2.45, 2.75) is 19.4 Å². The second-order valence-electron chi connectivity index (χ2n) is 5.40. The molecule has 0 radical (unpaired) electrons. The molecule has 120 valence electrons. The van der Waals surface area contributed by atoms with Crippen LogP contribution in [0.1, 0.15) is 18.4 Å². The number of hydrogen-bond acceptors (Lipinski definition) is 3. The van der Waals surface area contributed by atoms with Crippen molar-refractivity contribution in [1.29, 1.82) is 0 Å². The minimum Gasteiger partial charge on any atom is -0.494 e. The molecular formula is C18H18FNO3. The molecule has 3 rings (SSSR count). The van der Waals surface area contributed by atoms with E-state index in [4.69, 9.17) is 9.47 Å². The Morgan fingerprint density at radius 1 is 1.17 bits per heavy atom. The highest BCUT2D eigenvalue weighted by Gasteiger charge is 2.21. The molecule has 1 fully saturated rings. The van der Waals surface area contributed by atoms with E-state index in [1.54, 1.807) is 17.0 Å². The van der Waals surface area contributed by atoms with Gasteiger partial charge in [-0.2, -0.15) is 0 Å². The summed E-state index contributed by atoms with van der Waals surface area (Å²) in [5, 5.41) is 0. The SMILES string of the molecule is COc1ccc(COc2ccc(N3CCCC3=O)cc2)cc1F. The van der Waals surface area contributed by atoms with Crippen LogP contribution in [0.5, 0.6) is 11.5 Å². The molecule has 0 unspecified atom stereocenters. The van der Waals surface area contributed by atoms with Crippen LogP contribution in [0.25, 0.3) is 0 Å². The lowest BCUT2D eigenvalue weighted by Gasteiger charge is -2.16. The zero-order valence-electron chi connectivity index (χ0n) is 12.9. The summed E-state index contributed by atoms with van der Waals surface area (Å²) in [5.74, 6) is 0.647. The molecule has 0 N–H and O–H groups in total. The van der Waals surface area contributed by atoms with E-state index >= 15 is 0 Å². The Balaban J connectivity index is 1.62. The highest BCUT2D eigenvalue weighted by molar-refractivity contribution is 5.95. The van der Waals surface area contributed by atoms with E-state index in [0.29, 0.717) is 12.2 Å². The third-order valence-corrected chi connectivity index (χ3v) is 3.84. The van der Waals surface area contributed by atoms with Crippen LogP contribution in [0.2, 0.25) is 0 Å². The lowest BCUT2D eigenvalue weighted by atomic mass is 10.2. The van der Waals surface area contributed by atoms with E-state index in [-0.39, 0.29) is 18.3 Å². The number of halogens is 1. The monoisotopic (exact) mass is 315 g/mol. The van der Waals surface area contributed by atoms with Crippen LogP contribution in [-0.2, 0) is 11.4 Å². The Morgan fingerprint density at radius 3 is 2.57 bits per heavy atom. The number of carbonyl (C=O) groups is 1. The second-order valence-corrected chi connectivity index (χ2v) is 5.40. The maximum atomic E-state index is 13.6. The summed E-state index contributed by atoms with van der Waals surface area (Å²) in [6.45, 7) is 1.03. The van der Waals surface area contributed by atoms with Gasteiger partial charge in [0.25, 0.3) is 0 Å². The van der Waals surface area contributed by atoms with Crippen molar-refractivity contribution in [3.63, 3.8) is 0 Å². The Hall–Kier alpha value is -2.56. The van der Waals surface area contributed by atoms with E-state index in [0.717, 1.165) is 24.2 Å². The van der Waals surface area contributed by atoms with Gasteiger partial charge in [-0.25, -0.2) is 4.39 Å². The maximum Gasteiger partial charge on any atom is 0.227 e. The molecule has 4 nitrogen and oxygen atoms in total. The van der Waals surface area contributed by atoms with Crippen molar-refractivity contribution in [2.24, 2.45) is 0 Å². The minimum atomic E-state index is -0.406. The van der Waals surface area contributed by atoms with Crippen LogP contribution < -0.4 is 14.4 Å². The van der Waals surface area contributed by atoms with E-state index in [9.17, 15) is 9.18 Å². The molecular weight excluding hydrogens is 297 g/mol. The lowest BCUT2D eigenvalue weighted by Crippen LogP contribution is -2.23. The number of carbonyl (C=O) groups excluding carboxylic acids is 1. The Kier molecular flexibility index (Phi) is 4.46. The normalized spacial score (nSPS) is 14.2. The van der Waals surface area contributed by atoms with Gasteiger partial charge in [0, 0.05) is 18.7 Å². The van der Waals surface area contributed by atoms with Gasteiger partial charge in [-0.05, 0) is 48.4 Å². The summed E-state index contributed by atoms with van der Waals surface area (Å²) in [6.07, 6.45) is 1.52. The first-order chi connectivity index (χ1) is 11.2. The van der Waals surface area contributed by atoms with E-state index in [1.165, 1.54) is 13.2 Å². The summed E-state index contributed by atoms with van der Waals surface area (Å²) in [6, 6.07) is 12.1. The predicted molar refractivity (Wildman–Crippen MR) is 85.3 cm³/mol. The molecule has 1 aliphatic rings. The van der Waals surface area contributed by atoms with Crippen molar-refractivity contribution in [1.82, 2.24) is 0 Å². The van der Waals surface area contributed by atoms with E-state index in [2.05, 4.69) is 0 Å². The average molecular weight is 315 g/mol. The molecule has 5 heteroatoms. The van der Waals surface area contributed by atoms with Gasteiger partial charge in [0.2, 0.25) is 5.91 Å². The molecule has 0 aliphatic carbocycles. The first kappa shape index (κ1) is 15.3. The molecule has 0 saturated carbocycles. The highest BCUT2D eigenvalue weighted by Crippen LogP contribution is 2.25. The zero-order valence-corrected chi connectivity index (χ0v) is 12.9. The molecule has 1 saturated heterocycles. The quantitative estimate of drug-likeness (QED) is 0.847. The molecule has 0 bridgehead atoms. The van der Waals surface area contributed by atoms with Crippen molar-refractivity contribution in [3.05, 3.63) is 53.8 Å². The van der Waals surface area contributed by atoms with Crippen LogP contribution in [0, 0.1) is 5.82 Å². The summed E-state index contributed by atoms with van der Waals surface area (Å²) in [7, 11) is 1.43. The number of methoxy groups -OCH3 is 1. The number of amides is 1. The topological polar surface area (TPSA) is 38.8 Å². The summed E-state index contributed by atoms with van der Waals surface area (Å²) in [5.41, 5.74) is 1.61. The van der Waals surface area contributed by atoms with Crippen molar-refractivity contribution in [2.75, 3.05) is 18.6 Å². The largest absolute Gasteiger partial charge is 0.494 e. The van der Waals surface area contributed by atoms with Crippen LogP contribution in [-0.4, -0.2) is 19.6 Å². The van der Waals surface area contributed by atoms with Crippen LogP contribution in [0.15, 0.2) is 42.5 Å². The van der Waals surface area contributed by atoms with Gasteiger partial charge in [-0.15, -0.1) is 0 Å². The molecule has 0 aromatic heterocycles. The summed E-state index contributed by atoms with van der Waals surface area (Å²) < 4.78 is 24.2. The minimum absolute atomic E-state index is 0.160. The van der Waals surface area contributed by atoms with E-state index < -0.39 is 5.82 Å². The molecule has 23 heavy (non-hydrogen) atoms. The van der Waals surface area contributed by atoms with Gasteiger partial charge in [0.05, 0.1) is 7.11 Å². The summed E-state index contributed by atoms with van der Waals surface area (Å²) in [4.78, 5) is 13.5. The number of anilines is 1. The average Bonchev–Trinajstić information content (AvgIpc) is 2.99. The Bertz CT molecular complexity index is 700. The van der Waals surface area contributed by atoms with E-state index in [1.807, 2.05) is 24.3 Å². The number of ether oxygens (including phenoxy) is 2. The number of hydrogen-bond donors (Lipinski definition) is 0. The third-order valence-electron chi connectivity index (χ3n) is 3.84. The smallest absolute Gasteiger partial charge is 0.227 e. The lowest BCUT2D eigenvalue weighted by molar-refractivity contribution is -0.117. The first-order valence-corrected chi connectivity index (χ1v) is 7.53. The summed E-state index contributed by atoms with van der Waals surface area (Å²) >= 11 is 0. The molecule has 2 aromatic rings. The zero-order chi connectivity index (χ0) is 16.2. The molecule has 0 spiro atoms. The Labute approximate surface area is 134 Å². The molecule has 1 amide bonds. The van der Waals surface area contributed by atoms with Gasteiger partial charge in [0.1, 0.15) is 12.4 Å². The van der Waals surface area contributed by atoms with Gasteiger partial charge in [-0.1, -0.05) is 6.07 Å². The fourth-order valence-corrected chi connectivity index (χ4v) is 2.61. The van der Waals surface area contributed by atoms with Crippen LogP contribution in [0.4, 0.5) is 10.1 Å². The standard InChI is InChI=1S/C18H18FNO3/c1-22-17-9-4-13(11-16(17)19)12-23-15-7-5-14(6-8-15)20-10-2-3-18(20)21/h4-9,11H,2-3,10,12H2,1H3. The van der Waals surface area contributed by atoms with Crippen LogP contribution >= 0.6 is 0 Å². The van der Waals surface area contributed by atoms with Gasteiger partial charge in [0.15, 0.2) is 11.6 Å². The van der Waals surface area contributed by atoms with Crippen molar-refractivity contribution >= 4 is 11.6 Å². The molecule has 1 aliphatic heterocycles. The highest BCUT2D eigenvalue weighted by atomic mass is 19.1. The van der Waals surface area contributed by atoms with Crippen molar-refractivity contribution < 1.29 is 18.7 Å². The molecule has 0 atom stereocenters. The first-order valence-electron chi connectivity index (χ1n) is 7.53. The number of rotatable bonds is 5. The van der Waals surface area contributed by atoms with Crippen LogP contribution in [0.3, 0.4) is 0 Å².